The lowest BCUT2D eigenvalue weighted by molar-refractivity contribution is -0.384. The van der Waals surface area contributed by atoms with Crippen LogP contribution in [0.2, 0.25) is 0 Å². The molecule has 0 heterocycles. The molecule has 8 nitrogen and oxygen atoms in total. The Balaban J connectivity index is 1.73. The van der Waals surface area contributed by atoms with E-state index in [9.17, 15) is 19.7 Å². The first kappa shape index (κ1) is 19.9. The minimum absolute atomic E-state index is 0.0870. The number of nitro groups is 1. The SMILES string of the molecule is CN(C)c1ccc(CCCNC(=O)C(=O)Nc2ccc([N+](=O)[O-])cc2)cc1. The van der Waals surface area contributed by atoms with Gasteiger partial charge < -0.3 is 15.5 Å². The molecule has 0 saturated carbocycles. The van der Waals surface area contributed by atoms with E-state index < -0.39 is 16.7 Å². The van der Waals surface area contributed by atoms with E-state index in [1.54, 1.807) is 0 Å². The molecule has 2 aromatic rings. The van der Waals surface area contributed by atoms with Crippen LogP contribution in [0.25, 0.3) is 0 Å². The standard InChI is InChI=1S/C19H22N4O4/c1-22(2)16-9-5-14(6-10-16)4-3-13-20-18(24)19(25)21-15-7-11-17(12-8-15)23(26)27/h5-12H,3-4,13H2,1-2H3,(H,20,24)(H,21,25). The molecule has 0 atom stereocenters. The quantitative estimate of drug-likeness (QED) is 0.337. The third-order valence-corrected chi connectivity index (χ3v) is 3.92. The summed E-state index contributed by atoms with van der Waals surface area (Å²) in [5.41, 5.74) is 2.51. The largest absolute Gasteiger partial charge is 0.378 e. The second-order valence-corrected chi connectivity index (χ2v) is 6.18. The highest BCUT2D eigenvalue weighted by molar-refractivity contribution is 6.39. The summed E-state index contributed by atoms with van der Waals surface area (Å²) in [5.74, 6) is -1.55. The first-order chi connectivity index (χ1) is 12.9. The molecule has 0 spiro atoms. The molecule has 0 aliphatic carbocycles. The average molecular weight is 370 g/mol. The molecule has 27 heavy (non-hydrogen) atoms. The zero-order chi connectivity index (χ0) is 19.8. The van der Waals surface area contributed by atoms with Crippen molar-refractivity contribution in [2.45, 2.75) is 12.8 Å². The van der Waals surface area contributed by atoms with Gasteiger partial charge in [0.1, 0.15) is 0 Å². The first-order valence-electron chi connectivity index (χ1n) is 8.46. The molecule has 0 bridgehead atoms. The number of non-ortho nitro benzene ring substituents is 1. The van der Waals surface area contributed by atoms with Gasteiger partial charge >= 0.3 is 11.8 Å². The monoisotopic (exact) mass is 370 g/mol. The van der Waals surface area contributed by atoms with E-state index in [1.165, 1.54) is 24.3 Å². The molecule has 142 valence electrons. The minimum atomic E-state index is -0.806. The number of anilines is 2. The van der Waals surface area contributed by atoms with Crippen LogP contribution in [0.4, 0.5) is 17.1 Å². The van der Waals surface area contributed by atoms with E-state index >= 15 is 0 Å². The fraction of sp³-hybridized carbons (Fsp3) is 0.263. The van der Waals surface area contributed by atoms with Crippen LogP contribution in [-0.4, -0.2) is 37.4 Å². The van der Waals surface area contributed by atoms with Crippen molar-refractivity contribution >= 4 is 28.9 Å². The normalized spacial score (nSPS) is 10.1. The van der Waals surface area contributed by atoms with Gasteiger partial charge in [-0.25, -0.2) is 0 Å². The molecule has 0 fully saturated rings. The van der Waals surface area contributed by atoms with Gasteiger partial charge in [-0.1, -0.05) is 12.1 Å². The number of nitro benzene ring substituents is 1. The van der Waals surface area contributed by atoms with Crippen LogP contribution in [0.1, 0.15) is 12.0 Å². The Morgan fingerprint density at radius 1 is 1.00 bits per heavy atom. The molecule has 2 aromatic carbocycles. The zero-order valence-electron chi connectivity index (χ0n) is 15.3. The van der Waals surface area contributed by atoms with Gasteiger partial charge in [0.15, 0.2) is 0 Å². The Morgan fingerprint density at radius 3 is 2.19 bits per heavy atom. The number of hydrogen-bond donors (Lipinski definition) is 2. The highest BCUT2D eigenvalue weighted by atomic mass is 16.6. The van der Waals surface area contributed by atoms with Crippen molar-refractivity contribution in [3.05, 3.63) is 64.2 Å². The minimum Gasteiger partial charge on any atom is -0.378 e. The first-order valence-corrected chi connectivity index (χ1v) is 8.46. The highest BCUT2D eigenvalue weighted by Crippen LogP contribution is 2.15. The number of carbonyl (C=O) groups excluding carboxylic acids is 2. The van der Waals surface area contributed by atoms with Crippen LogP contribution >= 0.6 is 0 Å². The Morgan fingerprint density at radius 2 is 1.63 bits per heavy atom. The second-order valence-electron chi connectivity index (χ2n) is 6.18. The molecule has 2 rings (SSSR count). The number of nitrogens with zero attached hydrogens (tertiary/aromatic N) is 2. The molecule has 0 aliphatic rings. The van der Waals surface area contributed by atoms with Crippen LogP contribution in [0, 0.1) is 10.1 Å². The Kier molecular flexibility index (Phi) is 6.87. The number of nitrogens with one attached hydrogen (secondary N) is 2. The fourth-order valence-corrected chi connectivity index (χ4v) is 2.39. The van der Waals surface area contributed by atoms with Crippen LogP contribution in [0.15, 0.2) is 48.5 Å². The van der Waals surface area contributed by atoms with E-state index in [2.05, 4.69) is 10.6 Å². The van der Waals surface area contributed by atoms with Gasteiger partial charge in [0.05, 0.1) is 4.92 Å². The summed E-state index contributed by atoms with van der Waals surface area (Å²) in [6.45, 7) is 0.377. The van der Waals surface area contributed by atoms with Crippen LogP contribution < -0.4 is 15.5 Å². The van der Waals surface area contributed by atoms with Gasteiger partial charge in [-0.05, 0) is 42.7 Å². The summed E-state index contributed by atoms with van der Waals surface area (Å²) in [4.78, 5) is 35.7. The maximum absolute atomic E-state index is 11.8. The molecule has 8 heteroatoms. The molecule has 0 unspecified atom stereocenters. The molecule has 2 amide bonds. The fourth-order valence-electron chi connectivity index (χ4n) is 2.39. The van der Waals surface area contributed by atoms with E-state index in [-0.39, 0.29) is 5.69 Å². The Labute approximate surface area is 157 Å². The van der Waals surface area contributed by atoms with Gasteiger partial charge in [-0.3, -0.25) is 19.7 Å². The summed E-state index contributed by atoms with van der Waals surface area (Å²) in [5, 5.41) is 15.6. The third-order valence-electron chi connectivity index (χ3n) is 3.92. The highest BCUT2D eigenvalue weighted by Gasteiger charge is 2.13. The summed E-state index contributed by atoms with van der Waals surface area (Å²) in [6, 6.07) is 13.4. The van der Waals surface area contributed by atoms with Crippen molar-refractivity contribution in [3.63, 3.8) is 0 Å². The lowest BCUT2D eigenvalue weighted by Crippen LogP contribution is -2.36. The topological polar surface area (TPSA) is 105 Å². The van der Waals surface area contributed by atoms with E-state index in [0.717, 1.165) is 17.7 Å². The van der Waals surface area contributed by atoms with Gasteiger partial charge in [0.25, 0.3) is 5.69 Å². The lowest BCUT2D eigenvalue weighted by Gasteiger charge is -2.12. The summed E-state index contributed by atoms with van der Waals surface area (Å²) in [7, 11) is 3.96. The molecule has 0 saturated heterocycles. The molecule has 2 N–H and O–H groups in total. The molecular formula is C19H22N4O4. The third kappa shape index (κ3) is 6.10. The smallest absolute Gasteiger partial charge is 0.313 e. The second kappa shape index (κ2) is 9.33. The van der Waals surface area contributed by atoms with Crippen molar-refractivity contribution in [2.75, 3.05) is 30.9 Å². The maximum Gasteiger partial charge on any atom is 0.313 e. The van der Waals surface area contributed by atoms with Crippen molar-refractivity contribution in [1.82, 2.24) is 5.32 Å². The van der Waals surface area contributed by atoms with Crippen LogP contribution in [0.5, 0.6) is 0 Å². The van der Waals surface area contributed by atoms with Crippen LogP contribution in [-0.2, 0) is 16.0 Å². The predicted molar refractivity (Wildman–Crippen MR) is 104 cm³/mol. The van der Waals surface area contributed by atoms with Crippen molar-refractivity contribution in [2.24, 2.45) is 0 Å². The maximum atomic E-state index is 11.8. The van der Waals surface area contributed by atoms with Crippen molar-refractivity contribution in [3.8, 4) is 0 Å². The summed E-state index contributed by atoms with van der Waals surface area (Å²) >= 11 is 0. The van der Waals surface area contributed by atoms with Gasteiger partial charge in [-0.2, -0.15) is 0 Å². The van der Waals surface area contributed by atoms with E-state index in [0.29, 0.717) is 18.7 Å². The number of hydrogen-bond acceptors (Lipinski definition) is 5. The Hall–Kier alpha value is -3.42. The lowest BCUT2D eigenvalue weighted by atomic mass is 10.1. The molecular weight excluding hydrogens is 348 g/mol. The van der Waals surface area contributed by atoms with Crippen LogP contribution in [0.3, 0.4) is 0 Å². The number of benzene rings is 2. The van der Waals surface area contributed by atoms with E-state index in [1.807, 2.05) is 43.3 Å². The number of carbonyl (C=O) groups is 2. The van der Waals surface area contributed by atoms with Crippen molar-refractivity contribution in [1.29, 1.82) is 0 Å². The summed E-state index contributed by atoms with van der Waals surface area (Å²) < 4.78 is 0. The van der Waals surface area contributed by atoms with Gasteiger partial charge in [0, 0.05) is 44.1 Å². The Bertz CT molecular complexity index is 801. The molecule has 0 aliphatic heterocycles. The predicted octanol–water partition coefficient (Wildman–Crippen LogP) is 2.35. The average Bonchev–Trinajstić information content (AvgIpc) is 2.65. The number of aryl methyl sites for hydroxylation is 1. The van der Waals surface area contributed by atoms with Gasteiger partial charge in [-0.15, -0.1) is 0 Å². The van der Waals surface area contributed by atoms with E-state index in [4.69, 9.17) is 0 Å². The summed E-state index contributed by atoms with van der Waals surface area (Å²) in [6.07, 6.45) is 1.50. The van der Waals surface area contributed by atoms with Gasteiger partial charge in [0.2, 0.25) is 0 Å². The number of rotatable bonds is 7. The molecule has 0 radical (unpaired) electrons. The number of amides is 2. The van der Waals surface area contributed by atoms with Crippen molar-refractivity contribution < 1.29 is 14.5 Å². The zero-order valence-corrected chi connectivity index (χ0v) is 15.3. The molecule has 0 aromatic heterocycles.